The SMILES string of the molecule is CCOC1=CC(C)(C(=O)[O-])N=N1.CCOC1=CC(C)(C(=O)[O-])N=N1.[Zn+2]. The first-order valence-electron chi connectivity index (χ1n) is 7.17. The molecule has 0 fully saturated rings. The van der Waals surface area contributed by atoms with Crippen LogP contribution < -0.4 is 10.2 Å². The summed E-state index contributed by atoms with van der Waals surface area (Å²) in [5.41, 5.74) is -2.71. The van der Waals surface area contributed by atoms with Gasteiger partial charge in [-0.1, -0.05) is 0 Å². The summed E-state index contributed by atoms with van der Waals surface area (Å²) in [6.45, 7) is 7.24. The van der Waals surface area contributed by atoms with Crippen molar-refractivity contribution in [3.05, 3.63) is 23.9 Å². The molecule has 0 aliphatic carbocycles. The van der Waals surface area contributed by atoms with Crippen LogP contribution in [0.5, 0.6) is 0 Å². The van der Waals surface area contributed by atoms with Gasteiger partial charge in [0.1, 0.15) is 11.1 Å². The number of carboxylic acids is 2. The molecular formula is C14H18N4O6Zn. The Hall–Kier alpha value is -2.16. The van der Waals surface area contributed by atoms with Gasteiger partial charge in [0.15, 0.2) is 0 Å². The molecule has 0 aromatic rings. The zero-order chi connectivity index (χ0) is 18.4. The third-order valence-corrected chi connectivity index (χ3v) is 2.93. The van der Waals surface area contributed by atoms with E-state index >= 15 is 0 Å². The Morgan fingerprint density at radius 2 is 1.24 bits per heavy atom. The van der Waals surface area contributed by atoms with E-state index in [4.69, 9.17) is 9.47 Å². The van der Waals surface area contributed by atoms with Crippen LogP contribution in [-0.2, 0) is 38.5 Å². The van der Waals surface area contributed by atoms with Crippen molar-refractivity contribution in [3.63, 3.8) is 0 Å². The Morgan fingerprint density at radius 1 is 0.920 bits per heavy atom. The number of hydrogen-bond acceptors (Lipinski definition) is 10. The fraction of sp³-hybridized carbons (Fsp3) is 0.571. The summed E-state index contributed by atoms with van der Waals surface area (Å²) in [5.74, 6) is -2.07. The normalized spacial score (nSPS) is 25.9. The number of ether oxygens (including phenoxy) is 2. The van der Waals surface area contributed by atoms with Crippen molar-refractivity contribution >= 4 is 11.9 Å². The monoisotopic (exact) mass is 402 g/mol. The molecule has 0 aromatic carbocycles. The molecular weight excluding hydrogens is 386 g/mol. The quantitative estimate of drug-likeness (QED) is 0.554. The van der Waals surface area contributed by atoms with Gasteiger partial charge in [-0.3, -0.25) is 0 Å². The Bertz CT molecular complexity index is 579. The van der Waals surface area contributed by atoms with Crippen LogP contribution in [0.4, 0.5) is 0 Å². The topological polar surface area (TPSA) is 148 Å². The number of nitrogens with zero attached hydrogens (tertiary/aromatic N) is 4. The molecule has 0 N–H and O–H groups in total. The van der Waals surface area contributed by atoms with Gasteiger partial charge in [0.25, 0.3) is 0 Å². The number of carbonyl (C=O) groups excluding carboxylic acids is 2. The first kappa shape index (κ1) is 22.8. The Kier molecular flexibility index (Phi) is 8.55. The third-order valence-electron chi connectivity index (χ3n) is 2.93. The number of rotatable bonds is 6. The maximum absolute atomic E-state index is 10.5. The number of carbonyl (C=O) groups is 2. The maximum Gasteiger partial charge on any atom is 2.00 e. The Morgan fingerprint density at radius 3 is 1.44 bits per heavy atom. The van der Waals surface area contributed by atoms with Gasteiger partial charge < -0.3 is 29.3 Å². The predicted molar refractivity (Wildman–Crippen MR) is 76.0 cm³/mol. The maximum atomic E-state index is 10.5. The second kappa shape index (κ2) is 9.36. The number of aliphatic carboxylic acids is 2. The van der Waals surface area contributed by atoms with Gasteiger partial charge >= 0.3 is 19.5 Å². The molecule has 11 heteroatoms. The summed E-state index contributed by atoms with van der Waals surface area (Å²) in [6, 6.07) is 0. The molecule has 2 aliphatic heterocycles. The summed E-state index contributed by atoms with van der Waals surface area (Å²) < 4.78 is 9.92. The van der Waals surface area contributed by atoms with E-state index in [9.17, 15) is 19.8 Å². The largest absolute Gasteiger partial charge is 2.00 e. The molecule has 0 amide bonds. The summed E-state index contributed by atoms with van der Waals surface area (Å²) in [4.78, 5) is 21.0. The van der Waals surface area contributed by atoms with Crippen LogP contribution in [0.25, 0.3) is 0 Å². The summed E-state index contributed by atoms with van der Waals surface area (Å²) >= 11 is 0. The fourth-order valence-corrected chi connectivity index (χ4v) is 1.54. The zero-order valence-corrected chi connectivity index (χ0v) is 17.5. The molecule has 2 unspecified atom stereocenters. The van der Waals surface area contributed by atoms with Gasteiger partial charge in [-0.25, -0.2) is 0 Å². The first-order chi connectivity index (χ1) is 11.2. The predicted octanol–water partition coefficient (Wildman–Crippen LogP) is -0.325. The Balaban J connectivity index is 0.000000443. The second-order valence-corrected chi connectivity index (χ2v) is 5.10. The molecule has 0 spiro atoms. The molecule has 132 valence electrons. The zero-order valence-electron chi connectivity index (χ0n) is 14.5. The van der Waals surface area contributed by atoms with Gasteiger partial charge in [0, 0.05) is 12.2 Å². The summed E-state index contributed by atoms with van der Waals surface area (Å²) in [5, 5.41) is 35.1. The third kappa shape index (κ3) is 6.01. The standard InChI is InChI=1S/2C7H10N2O3.Zn/c2*1-3-12-5-4-7(2,6(10)11)9-8-5;/h2*4H,3H2,1-2H3,(H,10,11);/q;;+2/p-2. The van der Waals surface area contributed by atoms with E-state index in [0.717, 1.165) is 0 Å². The molecule has 0 saturated carbocycles. The average molecular weight is 404 g/mol. The molecule has 2 heterocycles. The van der Waals surface area contributed by atoms with Crippen LogP contribution in [0.15, 0.2) is 44.4 Å². The van der Waals surface area contributed by atoms with Crippen molar-refractivity contribution in [1.82, 2.24) is 0 Å². The van der Waals surface area contributed by atoms with E-state index < -0.39 is 23.0 Å². The van der Waals surface area contributed by atoms with Crippen LogP contribution >= 0.6 is 0 Å². The molecule has 0 bridgehead atoms. The molecule has 2 atom stereocenters. The van der Waals surface area contributed by atoms with Crippen molar-refractivity contribution < 1.29 is 48.8 Å². The van der Waals surface area contributed by atoms with Gasteiger partial charge in [-0.05, 0) is 27.7 Å². The Labute approximate surface area is 157 Å². The first-order valence-corrected chi connectivity index (χ1v) is 7.17. The van der Waals surface area contributed by atoms with Gasteiger partial charge in [-0.2, -0.15) is 10.2 Å². The minimum absolute atomic E-state index is 0. The smallest absolute Gasteiger partial charge is 0.547 e. The average Bonchev–Trinajstić information content (AvgIpc) is 3.06. The summed E-state index contributed by atoms with van der Waals surface area (Å²) in [6.07, 6.45) is 2.65. The van der Waals surface area contributed by atoms with Crippen LogP contribution in [0, 0.1) is 0 Å². The van der Waals surface area contributed by atoms with Crippen LogP contribution in [-0.4, -0.2) is 36.2 Å². The van der Waals surface area contributed by atoms with E-state index in [1.807, 2.05) is 0 Å². The molecule has 2 rings (SSSR count). The number of carboxylic acid groups (broad SMARTS) is 2. The second-order valence-electron chi connectivity index (χ2n) is 5.10. The van der Waals surface area contributed by atoms with Crippen molar-refractivity contribution in [2.45, 2.75) is 38.8 Å². The molecule has 0 radical (unpaired) electrons. The van der Waals surface area contributed by atoms with Crippen LogP contribution in [0.1, 0.15) is 27.7 Å². The van der Waals surface area contributed by atoms with E-state index in [-0.39, 0.29) is 31.2 Å². The van der Waals surface area contributed by atoms with Gasteiger partial charge in [-0.15, -0.1) is 10.2 Å². The van der Waals surface area contributed by atoms with Crippen molar-refractivity contribution in [2.75, 3.05) is 13.2 Å². The van der Waals surface area contributed by atoms with Crippen LogP contribution in [0.3, 0.4) is 0 Å². The van der Waals surface area contributed by atoms with Gasteiger partial charge in [0.2, 0.25) is 11.8 Å². The van der Waals surface area contributed by atoms with E-state index in [0.29, 0.717) is 13.2 Å². The molecule has 0 saturated heterocycles. The van der Waals surface area contributed by atoms with Gasteiger partial charge in [0.05, 0.1) is 25.2 Å². The van der Waals surface area contributed by atoms with Crippen molar-refractivity contribution in [1.29, 1.82) is 0 Å². The minimum atomic E-state index is -1.36. The fourth-order valence-electron chi connectivity index (χ4n) is 1.54. The molecule has 25 heavy (non-hydrogen) atoms. The minimum Gasteiger partial charge on any atom is -0.547 e. The molecule has 2 aliphatic rings. The van der Waals surface area contributed by atoms with E-state index in [1.54, 1.807) is 13.8 Å². The van der Waals surface area contributed by atoms with Crippen molar-refractivity contribution in [2.24, 2.45) is 20.5 Å². The van der Waals surface area contributed by atoms with E-state index in [2.05, 4.69) is 20.5 Å². The summed E-state index contributed by atoms with van der Waals surface area (Å²) in [7, 11) is 0. The number of azo groups is 2. The molecule has 10 nitrogen and oxygen atoms in total. The molecule has 0 aromatic heterocycles. The van der Waals surface area contributed by atoms with Crippen LogP contribution in [0.2, 0.25) is 0 Å². The number of hydrogen-bond donors (Lipinski definition) is 0. The van der Waals surface area contributed by atoms with E-state index in [1.165, 1.54) is 26.0 Å². The van der Waals surface area contributed by atoms with Crippen molar-refractivity contribution in [3.8, 4) is 0 Å².